The lowest BCUT2D eigenvalue weighted by Gasteiger charge is -2.23. The summed E-state index contributed by atoms with van der Waals surface area (Å²) in [5.74, 6) is 1.65. The highest BCUT2D eigenvalue weighted by molar-refractivity contribution is 5.94. The Morgan fingerprint density at radius 1 is 1.29 bits per heavy atom. The summed E-state index contributed by atoms with van der Waals surface area (Å²) in [6.07, 6.45) is 4.33. The fraction of sp³-hybridized carbons (Fsp3) is 0.417. The standard InChI is InChI=1S/C24H29N7/c1-15-18(12-25)7-5-9-20(15)16(2)28-24-21-11-23(27-13-22(21)17(3)29-30-24)31(4)14-19-8-6-10-26-19/h5,7,9,11,13,16,19,26H,6,8,10,14H2,1-4H3,(H,28,30)/t16-,19-/m1/s1. The molecule has 0 saturated carbocycles. The number of fused-ring (bicyclic) bond motifs is 1. The van der Waals surface area contributed by atoms with Crippen molar-refractivity contribution in [3.63, 3.8) is 0 Å². The highest BCUT2D eigenvalue weighted by Gasteiger charge is 2.19. The number of rotatable bonds is 6. The van der Waals surface area contributed by atoms with Gasteiger partial charge in [0, 0.05) is 36.6 Å². The van der Waals surface area contributed by atoms with Crippen molar-refractivity contribution in [2.24, 2.45) is 0 Å². The molecule has 3 aromatic rings. The first-order chi connectivity index (χ1) is 15.0. The summed E-state index contributed by atoms with van der Waals surface area (Å²) in [5.41, 5.74) is 3.61. The summed E-state index contributed by atoms with van der Waals surface area (Å²) in [7, 11) is 2.09. The van der Waals surface area contributed by atoms with E-state index in [1.807, 2.05) is 38.2 Å². The van der Waals surface area contributed by atoms with Crippen molar-refractivity contribution in [1.29, 1.82) is 5.26 Å². The highest BCUT2D eigenvalue weighted by atomic mass is 15.2. The number of aryl methyl sites for hydroxylation is 1. The van der Waals surface area contributed by atoms with Crippen LogP contribution in [0.5, 0.6) is 0 Å². The van der Waals surface area contributed by atoms with Gasteiger partial charge in [0.15, 0.2) is 5.82 Å². The van der Waals surface area contributed by atoms with E-state index in [9.17, 15) is 5.26 Å². The minimum Gasteiger partial charge on any atom is -0.362 e. The van der Waals surface area contributed by atoms with Crippen molar-refractivity contribution >= 4 is 22.4 Å². The van der Waals surface area contributed by atoms with E-state index in [0.717, 1.165) is 52.3 Å². The number of aromatic nitrogens is 3. The number of hydrogen-bond donors (Lipinski definition) is 2. The summed E-state index contributed by atoms with van der Waals surface area (Å²) in [5, 5.41) is 27.2. The summed E-state index contributed by atoms with van der Waals surface area (Å²) in [6, 6.07) is 10.7. The molecule has 1 fully saturated rings. The second kappa shape index (κ2) is 8.86. The number of likely N-dealkylation sites (N-methyl/N-ethyl adjacent to an activating group) is 1. The van der Waals surface area contributed by atoms with Crippen LogP contribution in [0.3, 0.4) is 0 Å². The van der Waals surface area contributed by atoms with E-state index in [2.05, 4.69) is 51.8 Å². The highest BCUT2D eigenvalue weighted by Crippen LogP contribution is 2.30. The number of pyridine rings is 1. The second-order valence-corrected chi connectivity index (χ2v) is 8.39. The van der Waals surface area contributed by atoms with Gasteiger partial charge in [0.05, 0.1) is 23.4 Å². The van der Waals surface area contributed by atoms with Crippen LogP contribution in [0.2, 0.25) is 0 Å². The molecular weight excluding hydrogens is 386 g/mol. The summed E-state index contributed by atoms with van der Waals surface area (Å²) < 4.78 is 0. The van der Waals surface area contributed by atoms with Crippen LogP contribution in [0.4, 0.5) is 11.6 Å². The Morgan fingerprint density at radius 2 is 2.13 bits per heavy atom. The third kappa shape index (κ3) is 4.30. The first-order valence-corrected chi connectivity index (χ1v) is 10.8. The van der Waals surface area contributed by atoms with E-state index in [4.69, 9.17) is 4.98 Å². The Balaban J connectivity index is 1.65. The fourth-order valence-electron chi connectivity index (χ4n) is 4.34. The number of nitriles is 1. The van der Waals surface area contributed by atoms with Gasteiger partial charge >= 0.3 is 0 Å². The molecule has 0 aliphatic carbocycles. The van der Waals surface area contributed by atoms with Crippen LogP contribution in [0.15, 0.2) is 30.5 Å². The van der Waals surface area contributed by atoms with Crippen molar-refractivity contribution < 1.29 is 0 Å². The molecule has 4 rings (SSSR count). The van der Waals surface area contributed by atoms with Crippen molar-refractivity contribution in [3.8, 4) is 6.07 Å². The van der Waals surface area contributed by atoms with Gasteiger partial charge in [-0.3, -0.25) is 0 Å². The largest absolute Gasteiger partial charge is 0.362 e. The van der Waals surface area contributed by atoms with Crippen LogP contribution in [-0.2, 0) is 0 Å². The third-order valence-electron chi connectivity index (χ3n) is 6.20. The maximum absolute atomic E-state index is 9.36. The quantitative estimate of drug-likeness (QED) is 0.631. The lowest BCUT2D eigenvalue weighted by molar-refractivity contribution is 0.597. The van der Waals surface area contributed by atoms with Gasteiger partial charge in [-0.2, -0.15) is 10.4 Å². The predicted molar refractivity (Wildman–Crippen MR) is 124 cm³/mol. The molecule has 1 aromatic carbocycles. The fourth-order valence-corrected chi connectivity index (χ4v) is 4.34. The molecule has 0 spiro atoms. The molecule has 0 bridgehead atoms. The maximum atomic E-state index is 9.36. The molecule has 31 heavy (non-hydrogen) atoms. The third-order valence-corrected chi connectivity index (χ3v) is 6.20. The number of nitrogens with zero attached hydrogens (tertiary/aromatic N) is 5. The zero-order valence-electron chi connectivity index (χ0n) is 18.6. The van der Waals surface area contributed by atoms with Gasteiger partial charge in [0.25, 0.3) is 0 Å². The smallest absolute Gasteiger partial charge is 0.157 e. The van der Waals surface area contributed by atoms with Crippen LogP contribution in [0, 0.1) is 25.2 Å². The van der Waals surface area contributed by atoms with Gasteiger partial charge in [0.2, 0.25) is 0 Å². The van der Waals surface area contributed by atoms with Gasteiger partial charge in [-0.05, 0) is 63.4 Å². The molecule has 2 aromatic heterocycles. The second-order valence-electron chi connectivity index (χ2n) is 8.39. The molecular formula is C24H29N7. The molecule has 0 amide bonds. The number of benzene rings is 1. The molecule has 3 heterocycles. The zero-order chi connectivity index (χ0) is 22.0. The van der Waals surface area contributed by atoms with Gasteiger partial charge in [-0.15, -0.1) is 5.10 Å². The summed E-state index contributed by atoms with van der Waals surface area (Å²) in [4.78, 5) is 6.89. The van der Waals surface area contributed by atoms with Crippen LogP contribution >= 0.6 is 0 Å². The molecule has 1 aliphatic heterocycles. The van der Waals surface area contributed by atoms with E-state index in [0.29, 0.717) is 11.6 Å². The van der Waals surface area contributed by atoms with E-state index in [-0.39, 0.29) is 6.04 Å². The van der Waals surface area contributed by atoms with Gasteiger partial charge < -0.3 is 15.5 Å². The summed E-state index contributed by atoms with van der Waals surface area (Å²) in [6.45, 7) is 8.04. The van der Waals surface area contributed by atoms with Crippen LogP contribution < -0.4 is 15.5 Å². The lowest BCUT2D eigenvalue weighted by Crippen LogP contribution is -2.35. The first kappa shape index (κ1) is 21.0. The summed E-state index contributed by atoms with van der Waals surface area (Å²) >= 11 is 0. The Bertz CT molecular complexity index is 1130. The normalized spacial score (nSPS) is 16.8. The molecule has 1 saturated heterocycles. The molecule has 2 N–H and O–H groups in total. The Hall–Kier alpha value is -3.24. The van der Waals surface area contributed by atoms with E-state index in [1.165, 1.54) is 12.8 Å². The number of hydrogen-bond acceptors (Lipinski definition) is 7. The van der Waals surface area contributed by atoms with Crippen LogP contribution in [-0.4, -0.2) is 41.4 Å². The molecule has 7 nitrogen and oxygen atoms in total. The van der Waals surface area contributed by atoms with E-state index in [1.54, 1.807) is 0 Å². The van der Waals surface area contributed by atoms with E-state index < -0.39 is 0 Å². The molecule has 0 radical (unpaired) electrons. The zero-order valence-corrected chi connectivity index (χ0v) is 18.6. The average molecular weight is 416 g/mol. The Labute approximate surface area is 183 Å². The van der Waals surface area contributed by atoms with E-state index >= 15 is 0 Å². The van der Waals surface area contributed by atoms with Gasteiger partial charge in [-0.25, -0.2) is 4.98 Å². The topological polar surface area (TPSA) is 89.8 Å². The molecule has 1 aliphatic rings. The molecule has 0 unspecified atom stereocenters. The van der Waals surface area contributed by atoms with Crippen molar-refractivity contribution in [3.05, 3.63) is 52.8 Å². The van der Waals surface area contributed by atoms with Crippen molar-refractivity contribution in [1.82, 2.24) is 20.5 Å². The number of anilines is 2. The Kier molecular flexibility index (Phi) is 6.01. The minimum absolute atomic E-state index is 0.0226. The first-order valence-electron chi connectivity index (χ1n) is 10.8. The number of nitrogens with one attached hydrogen (secondary N) is 2. The molecule has 160 valence electrons. The van der Waals surface area contributed by atoms with Crippen molar-refractivity contribution in [2.75, 3.05) is 30.4 Å². The van der Waals surface area contributed by atoms with Gasteiger partial charge in [0.1, 0.15) is 5.82 Å². The average Bonchev–Trinajstić information content (AvgIpc) is 3.28. The SMILES string of the molecule is Cc1c(C#N)cccc1[C@@H](C)Nc1nnc(C)c2cnc(N(C)C[C@H]3CCCN3)cc12. The predicted octanol–water partition coefficient (Wildman–Crippen LogP) is 3.87. The van der Waals surface area contributed by atoms with Crippen molar-refractivity contribution in [2.45, 2.75) is 45.7 Å². The van der Waals surface area contributed by atoms with Crippen LogP contribution in [0.1, 0.15) is 48.2 Å². The van der Waals surface area contributed by atoms with Crippen LogP contribution in [0.25, 0.3) is 10.8 Å². The minimum atomic E-state index is -0.0226. The monoisotopic (exact) mass is 415 g/mol. The molecule has 7 heteroatoms. The van der Waals surface area contributed by atoms with Gasteiger partial charge in [-0.1, -0.05) is 12.1 Å². The maximum Gasteiger partial charge on any atom is 0.157 e. The Morgan fingerprint density at radius 3 is 2.87 bits per heavy atom. The molecule has 2 atom stereocenters. The lowest BCUT2D eigenvalue weighted by atomic mass is 9.98.